The second-order valence-corrected chi connectivity index (χ2v) is 11.8. The number of imide groups is 1. The number of halogens is 1. The number of carbonyl (C=O) groups excluding carboxylic acids is 3. The highest BCUT2D eigenvalue weighted by molar-refractivity contribution is 6.24. The summed E-state index contributed by atoms with van der Waals surface area (Å²) in [6.45, 7) is 6.33. The molecule has 3 aromatic carbocycles. The van der Waals surface area contributed by atoms with Gasteiger partial charge in [0.2, 0.25) is 0 Å². The minimum Gasteiger partial charge on any atom is -0.356 e. The van der Waals surface area contributed by atoms with Crippen LogP contribution in [0.2, 0.25) is 0 Å². The zero-order chi connectivity index (χ0) is 29.5. The van der Waals surface area contributed by atoms with Gasteiger partial charge in [0, 0.05) is 29.1 Å². The van der Waals surface area contributed by atoms with Crippen LogP contribution in [0.25, 0.3) is 10.9 Å². The summed E-state index contributed by atoms with van der Waals surface area (Å²) in [4.78, 5) is 48.0. The van der Waals surface area contributed by atoms with Crippen molar-refractivity contribution in [2.45, 2.75) is 64.6 Å². The summed E-state index contributed by atoms with van der Waals surface area (Å²) in [7, 11) is 0. The summed E-state index contributed by atoms with van der Waals surface area (Å²) in [5.41, 5.74) is 3.92. The van der Waals surface area contributed by atoms with Crippen LogP contribution in [0.15, 0.2) is 72.8 Å². The number of aromatic nitrogens is 1. The second kappa shape index (κ2) is 11.1. The Balaban J connectivity index is 1.36. The van der Waals surface area contributed by atoms with E-state index in [9.17, 15) is 18.8 Å². The average Bonchev–Trinajstić information content (AvgIpc) is 3.46. The average molecular weight is 567 g/mol. The van der Waals surface area contributed by atoms with Crippen molar-refractivity contribution in [2.75, 3.05) is 4.90 Å². The van der Waals surface area contributed by atoms with Gasteiger partial charge >= 0.3 is 6.03 Å². The monoisotopic (exact) mass is 566 g/mol. The number of aromatic amines is 1. The van der Waals surface area contributed by atoms with E-state index in [1.165, 1.54) is 12.1 Å². The fourth-order valence-corrected chi connectivity index (χ4v) is 6.35. The lowest BCUT2D eigenvalue weighted by atomic mass is 9.89. The van der Waals surface area contributed by atoms with E-state index in [0.717, 1.165) is 46.3 Å². The molecule has 1 saturated heterocycles. The molecule has 4 amide bonds. The summed E-state index contributed by atoms with van der Waals surface area (Å²) >= 11 is 0. The van der Waals surface area contributed by atoms with E-state index < -0.39 is 18.1 Å². The van der Waals surface area contributed by atoms with E-state index in [0.29, 0.717) is 17.9 Å². The van der Waals surface area contributed by atoms with E-state index in [-0.39, 0.29) is 34.9 Å². The van der Waals surface area contributed by atoms with Gasteiger partial charge in [-0.25, -0.2) is 14.1 Å². The fraction of sp³-hybridized carbons (Fsp3) is 0.324. The van der Waals surface area contributed by atoms with Crippen LogP contribution in [0.1, 0.15) is 73.3 Å². The third-order valence-corrected chi connectivity index (χ3v) is 8.42. The maximum atomic E-state index is 14.2. The predicted molar refractivity (Wildman–Crippen MR) is 161 cm³/mol. The molecule has 2 N–H and O–H groups in total. The van der Waals surface area contributed by atoms with Crippen LogP contribution >= 0.6 is 0 Å². The van der Waals surface area contributed by atoms with Gasteiger partial charge in [0.1, 0.15) is 17.9 Å². The van der Waals surface area contributed by atoms with Crippen LogP contribution < -0.4 is 10.2 Å². The Morgan fingerprint density at radius 2 is 1.69 bits per heavy atom. The molecule has 0 aliphatic carbocycles. The van der Waals surface area contributed by atoms with Gasteiger partial charge in [0.05, 0.1) is 11.3 Å². The highest BCUT2D eigenvalue weighted by Gasteiger charge is 2.53. The van der Waals surface area contributed by atoms with Crippen molar-refractivity contribution >= 4 is 34.4 Å². The van der Waals surface area contributed by atoms with Crippen molar-refractivity contribution in [1.82, 2.24) is 15.2 Å². The minimum atomic E-state index is -0.773. The number of nitrogens with zero attached hydrogens (tertiary/aromatic N) is 2. The SMILES string of the molecule is CC(C)CCC[C@@H](C)NC(=O)c1ccccc1N1C(=O)[C@@H]2Cc3c([nH]c4ccccc34)[C@H](c3ccc(F)cc3)N2C1=O. The normalized spacial score (nSPS) is 18.9. The molecule has 42 heavy (non-hydrogen) atoms. The van der Waals surface area contributed by atoms with Gasteiger partial charge in [-0.1, -0.05) is 69.2 Å². The maximum Gasteiger partial charge on any atom is 0.332 e. The van der Waals surface area contributed by atoms with Crippen molar-refractivity contribution in [1.29, 1.82) is 0 Å². The fourth-order valence-electron chi connectivity index (χ4n) is 6.35. The smallest absolute Gasteiger partial charge is 0.332 e. The van der Waals surface area contributed by atoms with Crippen molar-refractivity contribution in [2.24, 2.45) is 5.92 Å². The van der Waals surface area contributed by atoms with Gasteiger partial charge in [0.15, 0.2) is 0 Å². The van der Waals surface area contributed by atoms with Gasteiger partial charge in [-0.3, -0.25) is 14.5 Å². The number of urea groups is 1. The zero-order valence-electron chi connectivity index (χ0n) is 24.1. The first-order valence-electron chi connectivity index (χ1n) is 14.7. The Morgan fingerprint density at radius 3 is 2.45 bits per heavy atom. The number of hydrogen-bond donors (Lipinski definition) is 2. The molecule has 2 aliphatic heterocycles. The van der Waals surface area contributed by atoms with Crippen LogP contribution in [0.4, 0.5) is 14.9 Å². The summed E-state index contributed by atoms with van der Waals surface area (Å²) in [6.07, 6.45) is 3.26. The molecule has 8 heteroatoms. The van der Waals surface area contributed by atoms with E-state index in [2.05, 4.69) is 24.1 Å². The van der Waals surface area contributed by atoms with Gasteiger partial charge in [-0.15, -0.1) is 0 Å². The molecule has 3 heterocycles. The van der Waals surface area contributed by atoms with E-state index in [1.807, 2.05) is 31.2 Å². The number of anilines is 1. The molecule has 1 fully saturated rings. The van der Waals surface area contributed by atoms with Gasteiger partial charge in [-0.05, 0) is 60.7 Å². The molecule has 0 bridgehead atoms. The number of amides is 4. The molecule has 6 rings (SSSR count). The molecule has 0 radical (unpaired) electrons. The van der Waals surface area contributed by atoms with E-state index in [4.69, 9.17) is 0 Å². The van der Waals surface area contributed by atoms with Gasteiger partial charge in [-0.2, -0.15) is 0 Å². The first kappa shape index (κ1) is 27.7. The number of hydrogen-bond acceptors (Lipinski definition) is 3. The Hall–Kier alpha value is -4.46. The molecule has 7 nitrogen and oxygen atoms in total. The Morgan fingerprint density at radius 1 is 0.976 bits per heavy atom. The highest BCUT2D eigenvalue weighted by Crippen LogP contribution is 2.45. The lowest BCUT2D eigenvalue weighted by Gasteiger charge is -2.36. The third kappa shape index (κ3) is 4.85. The summed E-state index contributed by atoms with van der Waals surface area (Å²) in [5, 5.41) is 4.04. The number of nitrogens with one attached hydrogen (secondary N) is 2. The summed E-state index contributed by atoms with van der Waals surface area (Å²) in [5.74, 6) is -0.489. The Labute approximate surface area is 244 Å². The van der Waals surface area contributed by atoms with E-state index >= 15 is 0 Å². The molecular formula is C34H35FN4O3. The molecule has 216 valence electrons. The van der Waals surface area contributed by atoms with Gasteiger partial charge in [0.25, 0.3) is 11.8 Å². The first-order chi connectivity index (χ1) is 20.2. The molecular weight excluding hydrogens is 531 g/mol. The molecule has 0 saturated carbocycles. The lowest BCUT2D eigenvalue weighted by molar-refractivity contribution is -0.120. The van der Waals surface area contributed by atoms with Crippen molar-refractivity contribution in [3.63, 3.8) is 0 Å². The Bertz CT molecular complexity index is 1660. The van der Waals surface area contributed by atoms with Crippen LogP contribution in [0, 0.1) is 11.7 Å². The van der Waals surface area contributed by atoms with Crippen LogP contribution in [0.3, 0.4) is 0 Å². The molecule has 2 aliphatic rings. The maximum absolute atomic E-state index is 14.2. The second-order valence-electron chi connectivity index (χ2n) is 11.8. The minimum absolute atomic E-state index is 0.0539. The summed E-state index contributed by atoms with van der Waals surface area (Å²) < 4.78 is 13.9. The van der Waals surface area contributed by atoms with Crippen LogP contribution in [0.5, 0.6) is 0 Å². The van der Waals surface area contributed by atoms with Crippen molar-refractivity contribution in [3.05, 3.63) is 101 Å². The molecule has 0 spiro atoms. The van der Waals surface area contributed by atoms with Crippen LogP contribution in [-0.4, -0.2) is 39.8 Å². The topological polar surface area (TPSA) is 85.5 Å². The number of carbonyl (C=O) groups is 3. The molecule has 0 unspecified atom stereocenters. The quantitative estimate of drug-likeness (QED) is 0.232. The lowest BCUT2D eigenvalue weighted by Crippen LogP contribution is -2.44. The zero-order valence-corrected chi connectivity index (χ0v) is 24.1. The number of para-hydroxylation sites is 2. The van der Waals surface area contributed by atoms with E-state index in [1.54, 1.807) is 41.3 Å². The molecule has 4 aromatic rings. The summed E-state index contributed by atoms with van der Waals surface area (Å²) in [6, 6.07) is 18.7. The molecule has 1 aromatic heterocycles. The number of fused-ring (bicyclic) bond motifs is 4. The van der Waals surface area contributed by atoms with Crippen molar-refractivity contribution in [3.8, 4) is 0 Å². The number of rotatable bonds is 8. The van der Waals surface area contributed by atoms with Crippen LogP contribution in [-0.2, 0) is 11.2 Å². The standard InChI is InChI=1S/C34H35FN4O3/c1-20(2)9-8-10-21(3)36-32(40)25-12-5-7-14-28(25)39-33(41)29-19-26-24-11-4-6-13-27(24)37-30(26)31(38(29)34(39)42)22-15-17-23(35)18-16-22/h4-7,11-18,20-21,29,31,37H,8-10,19H2,1-3H3,(H,36,40)/t21-,29+,31+/m1/s1. The first-order valence-corrected chi connectivity index (χ1v) is 14.7. The Kier molecular flexibility index (Phi) is 7.31. The predicted octanol–water partition coefficient (Wildman–Crippen LogP) is 6.73. The van der Waals surface area contributed by atoms with Gasteiger partial charge < -0.3 is 10.3 Å². The third-order valence-electron chi connectivity index (χ3n) is 8.42. The van der Waals surface area contributed by atoms with Crippen molar-refractivity contribution < 1.29 is 18.8 Å². The largest absolute Gasteiger partial charge is 0.356 e. The number of benzene rings is 3. The molecule has 3 atom stereocenters. The number of H-pyrrole nitrogens is 1. The highest BCUT2D eigenvalue weighted by atomic mass is 19.1.